The van der Waals surface area contributed by atoms with Crippen molar-refractivity contribution in [3.8, 4) is 0 Å². The van der Waals surface area contributed by atoms with Crippen LogP contribution in [-0.2, 0) is 14.3 Å². The highest BCUT2D eigenvalue weighted by Crippen LogP contribution is 2.36. The Morgan fingerprint density at radius 3 is 2.84 bits per heavy atom. The van der Waals surface area contributed by atoms with E-state index in [1.165, 1.54) is 6.92 Å². The van der Waals surface area contributed by atoms with Crippen LogP contribution in [0.4, 0.5) is 0 Å². The van der Waals surface area contributed by atoms with Gasteiger partial charge in [-0.15, -0.1) is 0 Å². The van der Waals surface area contributed by atoms with Crippen LogP contribution < -0.4 is 0 Å². The maximum atomic E-state index is 12.1. The van der Waals surface area contributed by atoms with E-state index in [1.54, 1.807) is 0 Å². The summed E-state index contributed by atoms with van der Waals surface area (Å²) < 4.78 is 19.7. The van der Waals surface area contributed by atoms with Crippen LogP contribution in [0.1, 0.15) is 56.1 Å². The van der Waals surface area contributed by atoms with Gasteiger partial charge in [-0.05, 0) is 31.1 Å². The molecule has 0 aromatic heterocycles. The maximum absolute atomic E-state index is 12.1. The third-order valence-electron chi connectivity index (χ3n) is 3.86. The first kappa shape index (κ1) is 12.9. The number of Topliss-reactive ketones (excluding diaryl/α,β-unsaturated/α-hetero) is 1. The largest absolute Gasteiger partial charge is 0.461 e. The van der Waals surface area contributed by atoms with Gasteiger partial charge < -0.3 is 4.74 Å². The van der Waals surface area contributed by atoms with Gasteiger partial charge in [0.25, 0.3) is 0 Å². The summed E-state index contributed by atoms with van der Waals surface area (Å²) in [5.74, 6) is -0.0480. The number of esters is 1. The van der Waals surface area contributed by atoms with E-state index in [2.05, 4.69) is 0 Å². The Labute approximate surface area is 119 Å². The number of rotatable bonds is 6. The van der Waals surface area contributed by atoms with Gasteiger partial charge in [0.05, 0.1) is 5.92 Å². The molecule has 0 amide bonds. The smallest absolute Gasteiger partial charge is 0.302 e. The van der Waals surface area contributed by atoms with E-state index >= 15 is 0 Å². The quantitative estimate of drug-likeness (QED) is 0.547. The lowest BCUT2D eigenvalue weighted by molar-refractivity contribution is -0.154. The topological polar surface area (TPSA) is 43.4 Å². The summed E-state index contributed by atoms with van der Waals surface area (Å²) in [6.45, 7) is 4.55. The zero-order chi connectivity index (χ0) is 16.0. The van der Waals surface area contributed by atoms with Gasteiger partial charge in [-0.3, -0.25) is 9.59 Å². The first-order valence-corrected chi connectivity index (χ1v) is 7.02. The number of carbonyl (C=O) groups excluding carboxylic acids is 2. The first-order valence-electron chi connectivity index (χ1n) is 8.17. The second-order valence-electron chi connectivity index (χ2n) is 5.50. The Kier molecular flexibility index (Phi) is 5.06. The third kappa shape index (κ3) is 4.48. The molecular formula is C16H26O3. The van der Waals surface area contributed by atoms with Crippen molar-refractivity contribution >= 4 is 11.8 Å². The first-order chi connectivity index (χ1) is 9.82. The molecular weight excluding hydrogens is 240 g/mol. The van der Waals surface area contributed by atoms with Crippen molar-refractivity contribution < 1.29 is 17.1 Å². The van der Waals surface area contributed by atoms with Gasteiger partial charge in [-0.2, -0.15) is 0 Å². The van der Waals surface area contributed by atoms with E-state index in [9.17, 15) is 9.59 Å². The van der Waals surface area contributed by atoms with E-state index < -0.39 is 6.88 Å². The minimum absolute atomic E-state index is 0.0505. The summed E-state index contributed by atoms with van der Waals surface area (Å²) in [7, 11) is 0. The highest BCUT2D eigenvalue weighted by atomic mass is 16.5. The average molecular weight is 268 g/mol. The van der Waals surface area contributed by atoms with Gasteiger partial charge in [0, 0.05) is 16.1 Å². The fourth-order valence-electron chi connectivity index (χ4n) is 2.82. The number of carbonyl (C=O) groups is 2. The molecule has 3 nitrogen and oxygen atoms in total. The number of ketones is 1. The lowest BCUT2D eigenvalue weighted by Crippen LogP contribution is -2.37. The molecule has 0 aromatic rings. The molecule has 1 saturated carbocycles. The van der Waals surface area contributed by atoms with E-state index in [4.69, 9.17) is 7.48 Å². The second-order valence-corrected chi connectivity index (χ2v) is 5.50. The molecule has 1 rings (SSSR count). The second kappa shape index (κ2) is 7.46. The van der Waals surface area contributed by atoms with Crippen molar-refractivity contribution in [1.82, 2.24) is 0 Å². The Balaban J connectivity index is 2.70. The minimum atomic E-state index is -0.850. The monoisotopic (exact) mass is 268 g/mol. The molecule has 4 atom stereocenters. The van der Waals surface area contributed by atoms with Gasteiger partial charge in [0.15, 0.2) is 0 Å². The SMILES string of the molecule is [2H]C([2H])CC=CC[C@@H](C)[C@@H](OC(C)=O)[C@H]1C(=O)CCC1C. The zero-order valence-corrected chi connectivity index (χ0v) is 12.1. The van der Waals surface area contributed by atoms with Crippen molar-refractivity contribution in [2.75, 3.05) is 0 Å². The molecule has 1 fully saturated rings. The highest BCUT2D eigenvalue weighted by Gasteiger charge is 2.41. The molecule has 0 radical (unpaired) electrons. The molecule has 1 aliphatic rings. The van der Waals surface area contributed by atoms with Crippen LogP contribution >= 0.6 is 0 Å². The van der Waals surface area contributed by atoms with Crippen molar-refractivity contribution in [3.63, 3.8) is 0 Å². The maximum Gasteiger partial charge on any atom is 0.302 e. The molecule has 1 aliphatic carbocycles. The summed E-state index contributed by atoms with van der Waals surface area (Å²) in [5, 5.41) is 0. The van der Waals surface area contributed by atoms with Crippen molar-refractivity contribution in [2.24, 2.45) is 17.8 Å². The fraction of sp³-hybridized carbons (Fsp3) is 0.750. The third-order valence-corrected chi connectivity index (χ3v) is 3.86. The average Bonchev–Trinajstić information content (AvgIpc) is 2.71. The van der Waals surface area contributed by atoms with E-state index in [0.29, 0.717) is 19.3 Å². The Hall–Kier alpha value is -1.12. The molecule has 0 bridgehead atoms. The Bertz CT molecular complexity index is 393. The van der Waals surface area contributed by atoms with Gasteiger partial charge >= 0.3 is 5.97 Å². The number of allylic oxidation sites excluding steroid dienone is 2. The highest BCUT2D eigenvalue weighted by molar-refractivity contribution is 5.84. The van der Waals surface area contributed by atoms with E-state index in [-0.39, 0.29) is 35.6 Å². The van der Waals surface area contributed by atoms with Gasteiger partial charge in [0.2, 0.25) is 0 Å². The van der Waals surface area contributed by atoms with Crippen molar-refractivity contribution in [3.05, 3.63) is 12.2 Å². The summed E-state index contributed by atoms with van der Waals surface area (Å²) in [4.78, 5) is 23.4. The van der Waals surface area contributed by atoms with Crippen LogP contribution in [0.5, 0.6) is 0 Å². The van der Waals surface area contributed by atoms with Crippen LogP contribution in [0.3, 0.4) is 0 Å². The summed E-state index contributed by atoms with van der Waals surface area (Å²) in [5.41, 5.74) is 0. The minimum Gasteiger partial charge on any atom is -0.461 e. The molecule has 0 heterocycles. The van der Waals surface area contributed by atoms with Crippen molar-refractivity contribution in [1.29, 1.82) is 0 Å². The molecule has 0 aromatic carbocycles. The Morgan fingerprint density at radius 1 is 1.58 bits per heavy atom. The number of ether oxygens (including phenoxy) is 1. The molecule has 0 saturated heterocycles. The fourth-order valence-corrected chi connectivity index (χ4v) is 2.82. The van der Waals surface area contributed by atoms with Crippen LogP contribution in [0.25, 0.3) is 0 Å². The predicted octanol–water partition coefficient (Wildman–Crippen LogP) is 3.53. The van der Waals surface area contributed by atoms with Gasteiger partial charge in [-0.25, -0.2) is 0 Å². The number of hydrogen-bond acceptors (Lipinski definition) is 3. The summed E-state index contributed by atoms with van der Waals surface area (Å²) in [6.07, 6.45) is 5.87. The molecule has 108 valence electrons. The van der Waals surface area contributed by atoms with Gasteiger partial charge in [0.1, 0.15) is 11.9 Å². The predicted molar refractivity (Wildman–Crippen MR) is 75.7 cm³/mol. The van der Waals surface area contributed by atoms with Crippen LogP contribution in [0.2, 0.25) is 0 Å². The van der Waals surface area contributed by atoms with Crippen LogP contribution in [0, 0.1) is 17.8 Å². The lowest BCUT2D eigenvalue weighted by atomic mass is 9.83. The molecule has 0 aliphatic heterocycles. The normalized spacial score (nSPS) is 28.3. The molecule has 19 heavy (non-hydrogen) atoms. The molecule has 0 N–H and O–H groups in total. The van der Waals surface area contributed by atoms with Crippen LogP contribution in [0.15, 0.2) is 12.2 Å². The molecule has 0 spiro atoms. The van der Waals surface area contributed by atoms with E-state index in [0.717, 1.165) is 6.42 Å². The standard InChI is InChI=1S/C16H26O3/c1-5-6-7-8-12(3)16(19-13(4)17)15-11(2)9-10-14(15)18/h6-7,11-12,15-16H,5,8-10H2,1-4H3/t11?,12-,15-,16-/m1/s1/i1D2. The summed E-state index contributed by atoms with van der Waals surface area (Å²) in [6, 6.07) is 0. The molecule has 1 unspecified atom stereocenters. The summed E-state index contributed by atoms with van der Waals surface area (Å²) >= 11 is 0. The van der Waals surface area contributed by atoms with E-state index in [1.807, 2.05) is 26.0 Å². The molecule has 3 heteroatoms. The van der Waals surface area contributed by atoms with Crippen molar-refractivity contribution in [2.45, 2.75) is 59.4 Å². The zero-order valence-electron chi connectivity index (χ0n) is 14.1. The Morgan fingerprint density at radius 2 is 2.32 bits per heavy atom. The lowest BCUT2D eigenvalue weighted by Gasteiger charge is -2.30. The van der Waals surface area contributed by atoms with Crippen LogP contribution in [-0.4, -0.2) is 17.9 Å². The number of hydrogen-bond donors (Lipinski definition) is 0. The van der Waals surface area contributed by atoms with Gasteiger partial charge in [-0.1, -0.05) is 32.9 Å².